The number of carbonyl (C=O) groups excluding carboxylic acids is 4. The molecular formula is C35H42N6O4. The molecule has 4 N–H and O–H groups in total. The fraction of sp³-hybridized carbons (Fsp3) is 0.400. The lowest BCUT2D eigenvalue weighted by Crippen LogP contribution is -2.52. The molecule has 236 valence electrons. The van der Waals surface area contributed by atoms with Crippen LogP contribution in [0.25, 0.3) is 0 Å². The highest BCUT2D eigenvalue weighted by Crippen LogP contribution is 2.38. The Morgan fingerprint density at radius 2 is 1.67 bits per heavy atom. The number of hydrogen-bond acceptors (Lipinski definition) is 6. The van der Waals surface area contributed by atoms with Gasteiger partial charge in [-0.1, -0.05) is 43.3 Å². The quantitative estimate of drug-likeness (QED) is 0.319. The minimum absolute atomic E-state index is 0.00904. The van der Waals surface area contributed by atoms with E-state index in [1.165, 1.54) is 0 Å². The number of amides is 4. The Labute approximate surface area is 264 Å². The maximum absolute atomic E-state index is 14.3. The Bertz CT molecular complexity index is 1550. The van der Waals surface area contributed by atoms with Gasteiger partial charge in [-0.3, -0.25) is 19.2 Å². The van der Waals surface area contributed by atoms with Gasteiger partial charge in [0.05, 0.1) is 5.41 Å². The molecular weight excluding hydrogens is 568 g/mol. The molecule has 3 aromatic rings. The van der Waals surface area contributed by atoms with Gasteiger partial charge in [-0.15, -0.1) is 0 Å². The van der Waals surface area contributed by atoms with Gasteiger partial charge in [0.15, 0.2) is 0 Å². The molecule has 0 spiro atoms. The van der Waals surface area contributed by atoms with Crippen LogP contribution in [0.5, 0.6) is 0 Å². The SMILES string of the molecule is CCC1(C(=O)N(CC(=O)Nc2ccc3c(c2)C[C@H](C(=O)Nc2ccccn2)C3)Cc2ccccc2CN)CCN(C(C)=O)CC1. The van der Waals surface area contributed by atoms with Crippen LogP contribution in [-0.4, -0.2) is 58.0 Å². The first-order valence-corrected chi connectivity index (χ1v) is 15.7. The van der Waals surface area contributed by atoms with Crippen LogP contribution in [0.1, 0.15) is 55.4 Å². The fourth-order valence-corrected chi connectivity index (χ4v) is 6.54. The number of hydrogen-bond donors (Lipinski definition) is 3. The number of fused-ring (bicyclic) bond motifs is 1. The standard InChI is InChI=1S/C35H42N6O4/c1-3-35(13-16-40(17-14-35)24(2)42)34(45)41(22-27-9-5-4-8-26(27)21-36)23-32(43)38-30-12-11-25-18-29(19-28(25)20-30)33(44)39-31-10-6-7-15-37-31/h4-12,15,20,29H,3,13-14,16-19,21-23,36H2,1-2H3,(H,38,43)(H,37,39,44)/t29-/m1/s1. The van der Waals surface area contributed by atoms with Crippen molar-refractivity contribution in [3.05, 3.63) is 89.1 Å². The number of benzene rings is 2. The highest BCUT2D eigenvalue weighted by atomic mass is 16.2. The van der Waals surface area contributed by atoms with E-state index in [9.17, 15) is 19.2 Å². The molecule has 2 aromatic carbocycles. The van der Waals surface area contributed by atoms with E-state index in [1.54, 1.807) is 35.1 Å². The molecule has 5 rings (SSSR count). The Morgan fingerprint density at radius 1 is 0.956 bits per heavy atom. The van der Waals surface area contributed by atoms with Crippen LogP contribution in [0, 0.1) is 11.3 Å². The summed E-state index contributed by atoms with van der Waals surface area (Å²) in [6.45, 7) is 5.05. The van der Waals surface area contributed by atoms with Gasteiger partial charge in [-0.2, -0.15) is 0 Å². The van der Waals surface area contributed by atoms with Crippen LogP contribution in [0.4, 0.5) is 11.5 Å². The van der Waals surface area contributed by atoms with Crippen molar-refractivity contribution in [3.8, 4) is 0 Å². The molecule has 1 saturated heterocycles. The summed E-state index contributed by atoms with van der Waals surface area (Å²) in [5.41, 5.74) is 9.90. The zero-order chi connectivity index (χ0) is 32.0. The molecule has 1 atom stereocenters. The number of nitrogens with zero attached hydrogens (tertiary/aromatic N) is 3. The van der Waals surface area contributed by atoms with Crippen LogP contribution in [0.2, 0.25) is 0 Å². The van der Waals surface area contributed by atoms with Gasteiger partial charge in [0.2, 0.25) is 23.6 Å². The Balaban J connectivity index is 1.29. The van der Waals surface area contributed by atoms with Crippen molar-refractivity contribution in [1.29, 1.82) is 0 Å². The molecule has 0 radical (unpaired) electrons. The number of pyridine rings is 1. The van der Waals surface area contributed by atoms with Crippen LogP contribution in [-0.2, 0) is 45.1 Å². The zero-order valence-electron chi connectivity index (χ0n) is 26.1. The van der Waals surface area contributed by atoms with E-state index < -0.39 is 5.41 Å². The van der Waals surface area contributed by atoms with Crippen molar-refractivity contribution in [1.82, 2.24) is 14.8 Å². The minimum atomic E-state index is -0.650. The highest BCUT2D eigenvalue weighted by Gasteiger charge is 2.43. The molecule has 10 heteroatoms. The maximum Gasteiger partial charge on any atom is 0.244 e. The van der Waals surface area contributed by atoms with E-state index in [2.05, 4.69) is 15.6 Å². The monoisotopic (exact) mass is 610 g/mol. The number of nitrogens with two attached hydrogens (primary N) is 1. The topological polar surface area (TPSA) is 138 Å². The molecule has 10 nitrogen and oxygen atoms in total. The lowest BCUT2D eigenvalue weighted by molar-refractivity contribution is -0.150. The van der Waals surface area contributed by atoms with Gasteiger partial charge in [-0.25, -0.2) is 4.98 Å². The average Bonchev–Trinajstić information content (AvgIpc) is 3.48. The van der Waals surface area contributed by atoms with Crippen molar-refractivity contribution in [2.45, 2.75) is 59.0 Å². The fourth-order valence-electron chi connectivity index (χ4n) is 6.54. The summed E-state index contributed by atoms with van der Waals surface area (Å²) in [7, 11) is 0. The molecule has 0 saturated carbocycles. The number of likely N-dealkylation sites (tertiary alicyclic amines) is 1. The zero-order valence-corrected chi connectivity index (χ0v) is 26.1. The lowest BCUT2D eigenvalue weighted by atomic mass is 9.74. The van der Waals surface area contributed by atoms with E-state index in [4.69, 9.17) is 5.73 Å². The van der Waals surface area contributed by atoms with E-state index in [0.717, 1.165) is 22.3 Å². The summed E-state index contributed by atoms with van der Waals surface area (Å²) in [4.78, 5) is 60.2. The molecule has 45 heavy (non-hydrogen) atoms. The Kier molecular flexibility index (Phi) is 9.93. The predicted molar refractivity (Wildman–Crippen MR) is 173 cm³/mol. The second-order valence-corrected chi connectivity index (χ2v) is 12.1. The molecule has 1 aliphatic carbocycles. The van der Waals surface area contributed by atoms with E-state index in [1.807, 2.05) is 55.5 Å². The van der Waals surface area contributed by atoms with E-state index in [-0.39, 0.29) is 42.6 Å². The summed E-state index contributed by atoms with van der Waals surface area (Å²) in [5.74, 6) is -0.150. The summed E-state index contributed by atoms with van der Waals surface area (Å²) >= 11 is 0. The Hall–Kier alpha value is -4.57. The van der Waals surface area contributed by atoms with Gasteiger partial charge in [-0.05, 0) is 78.6 Å². The van der Waals surface area contributed by atoms with Crippen LogP contribution in [0.3, 0.4) is 0 Å². The summed E-state index contributed by atoms with van der Waals surface area (Å²) in [6, 6.07) is 18.8. The second kappa shape index (κ2) is 14.0. The van der Waals surface area contributed by atoms with Gasteiger partial charge in [0.25, 0.3) is 0 Å². The van der Waals surface area contributed by atoms with Gasteiger partial charge < -0.3 is 26.2 Å². The van der Waals surface area contributed by atoms with Crippen molar-refractivity contribution in [3.63, 3.8) is 0 Å². The maximum atomic E-state index is 14.3. The molecule has 1 aliphatic heterocycles. The van der Waals surface area contributed by atoms with Crippen molar-refractivity contribution >= 4 is 35.1 Å². The minimum Gasteiger partial charge on any atom is -0.343 e. The van der Waals surface area contributed by atoms with Crippen LogP contribution >= 0.6 is 0 Å². The third-order valence-corrected chi connectivity index (χ3v) is 9.33. The number of rotatable bonds is 10. The Morgan fingerprint density at radius 3 is 2.33 bits per heavy atom. The smallest absolute Gasteiger partial charge is 0.244 e. The van der Waals surface area contributed by atoms with Crippen LogP contribution in [0.15, 0.2) is 66.9 Å². The van der Waals surface area contributed by atoms with Crippen LogP contribution < -0.4 is 16.4 Å². The predicted octanol–water partition coefficient (Wildman–Crippen LogP) is 3.90. The van der Waals surface area contributed by atoms with E-state index in [0.29, 0.717) is 63.2 Å². The summed E-state index contributed by atoms with van der Waals surface area (Å²) < 4.78 is 0. The molecule has 2 aliphatic rings. The average molecular weight is 611 g/mol. The molecule has 1 aromatic heterocycles. The number of anilines is 2. The first kappa shape index (κ1) is 31.8. The lowest BCUT2D eigenvalue weighted by Gasteiger charge is -2.42. The van der Waals surface area contributed by atoms with Gasteiger partial charge in [0.1, 0.15) is 12.4 Å². The van der Waals surface area contributed by atoms with Crippen molar-refractivity contribution < 1.29 is 19.2 Å². The highest BCUT2D eigenvalue weighted by molar-refractivity contribution is 5.96. The molecule has 1 fully saturated rings. The third kappa shape index (κ3) is 7.39. The number of nitrogens with one attached hydrogen (secondary N) is 2. The first-order valence-electron chi connectivity index (χ1n) is 15.7. The van der Waals surface area contributed by atoms with Gasteiger partial charge in [0, 0.05) is 50.9 Å². The summed E-state index contributed by atoms with van der Waals surface area (Å²) in [5, 5.41) is 5.87. The van der Waals surface area contributed by atoms with Crippen molar-refractivity contribution in [2.24, 2.45) is 17.1 Å². The van der Waals surface area contributed by atoms with E-state index >= 15 is 0 Å². The molecule has 0 bridgehead atoms. The third-order valence-electron chi connectivity index (χ3n) is 9.33. The number of carbonyl (C=O) groups is 4. The normalized spacial score (nSPS) is 16.9. The second-order valence-electron chi connectivity index (χ2n) is 12.1. The molecule has 2 heterocycles. The number of piperidine rings is 1. The first-order chi connectivity index (χ1) is 21.7. The van der Waals surface area contributed by atoms with Gasteiger partial charge >= 0.3 is 0 Å². The molecule has 0 unspecified atom stereocenters. The molecule has 4 amide bonds. The number of aromatic nitrogens is 1. The van der Waals surface area contributed by atoms with Crippen molar-refractivity contribution in [2.75, 3.05) is 30.3 Å². The largest absolute Gasteiger partial charge is 0.343 e. The summed E-state index contributed by atoms with van der Waals surface area (Å²) in [6.07, 6.45) is 4.55.